The van der Waals surface area contributed by atoms with E-state index < -0.39 is 0 Å². The van der Waals surface area contributed by atoms with Crippen molar-refractivity contribution in [2.45, 2.75) is 27.7 Å². The van der Waals surface area contributed by atoms with Crippen LogP contribution in [0.2, 0.25) is 0 Å². The number of hydrogen-bond acceptors (Lipinski definition) is 4. The zero-order valence-corrected chi connectivity index (χ0v) is 20.7. The number of aryl methyl sites for hydroxylation is 4. The second-order valence-corrected chi connectivity index (χ2v) is 7.27. The van der Waals surface area contributed by atoms with E-state index in [9.17, 15) is 0 Å². The van der Waals surface area contributed by atoms with Crippen molar-refractivity contribution >= 4 is 0 Å². The zero-order chi connectivity index (χ0) is 19.7. The molecule has 4 aromatic heterocycles. The Balaban J connectivity index is 0.00000160. The van der Waals surface area contributed by atoms with Gasteiger partial charge in [0.25, 0.3) is 0 Å². The van der Waals surface area contributed by atoms with Crippen molar-refractivity contribution < 1.29 is 19.5 Å². The number of aromatic nitrogens is 4. The van der Waals surface area contributed by atoms with Crippen LogP contribution in [0.1, 0.15) is 22.3 Å². The van der Waals surface area contributed by atoms with Crippen molar-refractivity contribution in [1.29, 1.82) is 0 Å². The maximum atomic E-state index is 4.86. The Morgan fingerprint density at radius 3 is 1.06 bits per heavy atom. The van der Waals surface area contributed by atoms with Gasteiger partial charge in [-0.15, -0.1) is 0 Å². The second kappa shape index (κ2) is 11.0. The molecule has 0 bridgehead atoms. The Bertz CT molecular complexity index is 1080. The minimum atomic E-state index is 0. The van der Waals surface area contributed by atoms with Crippen LogP contribution >= 0.6 is 0 Å². The molecule has 0 fully saturated rings. The average Bonchev–Trinajstić information content (AvgIpc) is 2.67. The Morgan fingerprint density at radius 2 is 0.742 bits per heavy atom. The molecule has 4 rings (SSSR count). The molecule has 5 heteroatoms. The summed E-state index contributed by atoms with van der Waals surface area (Å²) in [7, 11) is 0. The maximum Gasteiger partial charge on any atom is 2.00 e. The summed E-state index contributed by atoms with van der Waals surface area (Å²) in [6, 6.07) is 16.3. The second-order valence-electron chi connectivity index (χ2n) is 7.27. The molecule has 0 aliphatic carbocycles. The summed E-state index contributed by atoms with van der Waals surface area (Å²) in [6.07, 6.45) is 3.64. The third-order valence-corrected chi connectivity index (χ3v) is 4.56. The van der Waals surface area contributed by atoms with Gasteiger partial charge in [0.2, 0.25) is 0 Å². The first-order valence-corrected chi connectivity index (χ1v) is 9.32. The SMILES string of the molecule is Cc1ccnc(-c2cc(C)cc(-c3cc(C)cc(-c4cc(C)ccn4)n3)n2)c1.[CH3-].[CH3-].[Ru+2]. The summed E-state index contributed by atoms with van der Waals surface area (Å²) in [5, 5.41) is 0. The Morgan fingerprint density at radius 1 is 0.452 bits per heavy atom. The molecule has 0 saturated carbocycles. The molecule has 31 heavy (non-hydrogen) atoms. The van der Waals surface area contributed by atoms with Gasteiger partial charge in [0, 0.05) is 12.4 Å². The smallest absolute Gasteiger partial charge is 0.358 e. The number of rotatable bonds is 3. The topological polar surface area (TPSA) is 51.6 Å². The molecule has 4 nitrogen and oxygen atoms in total. The summed E-state index contributed by atoms with van der Waals surface area (Å²) in [5.41, 5.74) is 9.73. The molecule has 0 aromatic carbocycles. The van der Waals surface area contributed by atoms with Gasteiger partial charge in [-0.2, -0.15) is 0 Å². The maximum absolute atomic E-state index is 4.86. The average molecular weight is 498 g/mol. The quantitative estimate of drug-likeness (QED) is 0.243. The normalized spacial score (nSPS) is 9.81. The van der Waals surface area contributed by atoms with Gasteiger partial charge in [-0.05, 0) is 98.5 Å². The monoisotopic (exact) mass is 498 g/mol. The predicted molar refractivity (Wildman–Crippen MR) is 126 cm³/mol. The van der Waals surface area contributed by atoms with E-state index in [-0.39, 0.29) is 34.3 Å². The van der Waals surface area contributed by atoms with Gasteiger partial charge in [0.15, 0.2) is 0 Å². The van der Waals surface area contributed by atoms with E-state index in [0.29, 0.717) is 0 Å². The number of hydrogen-bond donors (Lipinski definition) is 0. The van der Waals surface area contributed by atoms with E-state index in [4.69, 9.17) is 9.97 Å². The third-order valence-electron chi connectivity index (χ3n) is 4.56. The van der Waals surface area contributed by atoms with Crippen LogP contribution in [0.25, 0.3) is 34.2 Å². The van der Waals surface area contributed by atoms with Crippen LogP contribution in [-0.2, 0) is 19.5 Å². The van der Waals surface area contributed by atoms with Gasteiger partial charge in [-0.25, -0.2) is 9.97 Å². The summed E-state index contributed by atoms with van der Waals surface area (Å²) >= 11 is 0. The molecule has 0 N–H and O–H groups in total. The third kappa shape index (κ3) is 6.11. The van der Waals surface area contributed by atoms with Crippen molar-refractivity contribution in [3.05, 3.63) is 98.0 Å². The molecule has 0 unspecified atom stereocenters. The Labute approximate surface area is 199 Å². The molecule has 0 radical (unpaired) electrons. The van der Waals surface area contributed by atoms with Crippen molar-refractivity contribution in [1.82, 2.24) is 19.9 Å². The standard InChI is InChI=1S/C24H22N4.2CH3.Ru/c1-15-5-7-25-19(9-15)21-11-17(3)13-23(27-21)24-14-18(4)12-22(28-24)20-10-16(2)6-8-26-20;;;/h5-14H,1-4H3;2*1H3;/q;2*-1;+2. The van der Waals surface area contributed by atoms with Crippen LogP contribution in [0.15, 0.2) is 60.9 Å². The van der Waals surface area contributed by atoms with Gasteiger partial charge in [-0.1, -0.05) is 0 Å². The summed E-state index contributed by atoms with van der Waals surface area (Å²) < 4.78 is 0. The minimum absolute atomic E-state index is 0. The van der Waals surface area contributed by atoms with Gasteiger partial charge < -0.3 is 14.9 Å². The van der Waals surface area contributed by atoms with Crippen molar-refractivity contribution in [2.75, 3.05) is 0 Å². The summed E-state index contributed by atoms with van der Waals surface area (Å²) in [4.78, 5) is 18.7. The van der Waals surface area contributed by atoms with E-state index in [0.717, 1.165) is 56.4 Å². The molecule has 0 aliphatic heterocycles. The van der Waals surface area contributed by atoms with Crippen LogP contribution in [0.3, 0.4) is 0 Å². The zero-order valence-electron chi connectivity index (χ0n) is 18.9. The van der Waals surface area contributed by atoms with Crippen LogP contribution < -0.4 is 0 Å². The number of pyridine rings is 4. The molecule has 4 aromatic rings. The molecule has 0 aliphatic rings. The van der Waals surface area contributed by atoms with Crippen molar-refractivity contribution in [2.24, 2.45) is 0 Å². The molecular formula is C26H28N4Ru. The van der Waals surface area contributed by atoms with E-state index in [1.54, 1.807) is 0 Å². The molecule has 0 amide bonds. The molecule has 0 spiro atoms. The van der Waals surface area contributed by atoms with Gasteiger partial charge in [0.05, 0.1) is 34.2 Å². The Hall–Kier alpha value is -2.78. The van der Waals surface area contributed by atoms with Gasteiger partial charge in [-0.3, -0.25) is 9.97 Å². The number of nitrogens with zero attached hydrogens (tertiary/aromatic N) is 4. The van der Waals surface area contributed by atoms with Gasteiger partial charge in [0.1, 0.15) is 0 Å². The molecule has 160 valence electrons. The van der Waals surface area contributed by atoms with E-state index in [2.05, 4.69) is 74.1 Å². The first kappa shape index (κ1) is 26.3. The minimum Gasteiger partial charge on any atom is -0.358 e. The Kier molecular flexibility index (Phi) is 9.33. The van der Waals surface area contributed by atoms with E-state index in [1.807, 2.05) is 24.5 Å². The summed E-state index contributed by atoms with van der Waals surface area (Å²) in [6.45, 7) is 8.27. The van der Waals surface area contributed by atoms with Crippen LogP contribution in [0, 0.1) is 42.5 Å². The fourth-order valence-electron chi connectivity index (χ4n) is 3.21. The molecular weight excluding hydrogens is 469 g/mol. The first-order valence-electron chi connectivity index (χ1n) is 9.32. The predicted octanol–water partition coefficient (Wildman–Crippen LogP) is 6.40. The van der Waals surface area contributed by atoms with Crippen LogP contribution in [0.5, 0.6) is 0 Å². The van der Waals surface area contributed by atoms with Crippen LogP contribution in [-0.4, -0.2) is 19.9 Å². The van der Waals surface area contributed by atoms with Gasteiger partial charge >= 0.3 is 19.5 Å². The molecule has 0 atom stereocenters. The first-order chi connectivity index (χ1) is 13.5. The fraction of sp³-hybridized carbons (Fsp3) is 0.154. The van der Waals surface area contributed by atoms with Crippen molar-refractivity contribution in [3.8, 4) is 34.2 Å². The molecule has 4 heterocycles. The fourth-order valence-corrected chi connectivity index (χ4v) is 3.21. The van der Waals surface area contributed by atoms with Crippen LogP contribution in [0.4, 0.5) is 0 Å². The van der Waals surface area contributed by atoms with E-state index >= 15 is 0 Å². The van der Waals surface area contributed by atoms with E-state index in [1.165, 1.54) is 0 Å². The van der Waals surface area contributed by atoms with Crippen molar-refractivity contribution in [3.63, 3.8) is 0 Å². The largest absolute Gasteiger partial charge is 2.00 e. The summed E-state index contributed by atoms with van der Waals surface area (Å²) in [5.74, 6) is 0. The molecule has 0 saturated heterocycles.